The first-order valence-electron chi connectivity index (χ1n) is 3.30. The molecular weight excluding hydrogens is 120 g/mol. The summed E-state index contributed by atoms with van der Waals surface area (Å²) in [5.41, 5.74) is 2.38. The van der Waals surface area contributed by atoms with Crippen LogP contribution in [0, 0.1) is 0 Å². The molecule has 0 saturated heterocycles. The standard InChI is InChI=1S/C10H14/c1-5-7-10(4)8-9(3)6-2/h5-8H,1-2H2,3-4H3/b9-8-,10-7-. The van der Waals surface area contributed by atoms with Gasteiger partial charge >= 0.3 is 0 Å². The van der Waals surface area contributed by atoms with Gasteiger partial charge in [0.15, 0.2) is 0 Å². The molecule has 0 bridgehead atoms. The number of hydrogen-bond acceptors (Lipinski definition) is 0. The SMILES string of the molecule is C=C/C=C(C)\C=C(\C)C=C. The normalized spacial score (nSPS) is 13.0. The van der Waals surface area contributed by atoms with Crippen LogP contribution in [0.5, 0.6) is 0 Å². The lowest BCUT2D eigenvalue weighted by atomic mass is 10.2. The molecule has 0 amide bonds. The van der Waals surface area contributed by atoms with Crippen molar-refractivity contribution in [2.45, 2.75) is 13.8 Å². The average Bonchev–Trinajstić information content (AvgIpc) is 1.88. The maximum atomic E-state index is 3.65. The third-order valence-electron chi connectivity index (χ3n) is 1.16. The summed E-state index contributed by atoms with van der Waals surface area (Å²) in [6, 6.07) is 0. The van der Waals surface area contributed by atoms with Crippen LogP contribution in [-0.2, 0) is 0 Å². The molecule has 10 heavy (non-hydrogen) atoms. The van der Waals surface area contributed by atoms with E-state index < -0.39 is 0 Å². The van der Waals surface area contributed by atoms with Gasteiger partial charge in [-0.05, 0) is 13.8 Å². The van der Waals surface area contributed by atoms with E-state index in [0.717, 1.165) is 0 Å². The second kappa shape index (κ2) is 4.80. The van der Waals surface area contributed by atoms with E-state index in [1.807, 2.05) is 26.0 Å². The van der Waals surface area contributed by atoms with Crippen molar-refractivity contribution in [2.24, 2.45) is 0 Å². The van der Waals surface area contributed by atoms with Crippen molar-refractivity contribution < 1.29 is 0 Å². The molecule has 0 aromatic carbocycles. The maximum Gasteiger partial charge on any atom is -0.0398 e. The van der Waals surface area contributed by atoms with E-state index in [9.17, 15) is 0 Å². The smallest absolute Gasteiger partial charge is 0.0398 e. The van der Waals surface area contributed by atoms with Crippen LogP contribution in [-0.4, -0.2) is 0 Å². The third kappa shape index (κ3) is 3.90. The van der Waals surface area contributed by atoms with Gasteiger partial charge in [0.05, 0.1) is 0 Å². The molecule has 0 N–H and O–H groups in total. The zero-order valence-electron chi connectivity index (χ0n) is 6.72. The van der Waals surface area contributed by atoms with Gasteiger partial charge in [-0.3, -0.25) is 0 Å². The monoisotopic (exact) mass is 134 g/mol. The number of allylic oxidation sites excluding steroid dienone is 6. The molecule has 0 radical (unpaired) electrons. The van der Waals surface area contributed by atoms with Crippen LogP contribution >= 0.6 is 0 Å². The van der Waals surface area contributed by atoms with Crippen molar-refractivity contribution in [2.75, 3.05) is 0 Å². The molecule has 0 aliphatic carbocycles. The molecule has 0 heteroatoms. The fraction of sp³-hybridized carbons (Fsp3) is 0.200. The van der Waals surface area contributed by atoms with Crippen LogP contribution < -0.4 is 0 Å². The molecule has 0 rings (SSSR count). The zero-order chi connectivity index (χ0) is 7.98. The molecule has 0 heterocycles. The first-order chi connectivity index (χ1) is 4.70. The second-order valence-corrected chi connectivity index (χ2v) is 2.24. The molecule has 0 aliphatic heterocycles. The predicted octanol–water partition coefficient (Wildman–Crippen LogP) is 3.25. The second-order valence-electron chi connectivity index (χ2n) is 2.24. The molecule has 0 saturated carbocycles. The molecule has 54 valence electrons. The quantitative estimate of drug-likeness (QED) is 0.520. The Bertz CT molecular complexity index is 180. The van der Waals surface area contributed by atoms with Gasteiger partial charge in [-0.2, -0.15) is 0 Å². The largest absolute Gasteiger partial charge is 0.0991 e. The van der Waals surface area contributed by atoms with Gasteiger partial charge in [0.1, 0.15) is 0 Å². The van der Waals surface area contributed by atoms with Crippen molar-refractivity contribution in [1.29, 1.82) is 0 Å². The van der Waals surface area contributed by atoms with Crippen molar-refractivity contribution >= 4 is 0 Å². The highest BCUT2D eigenvalue weighted by molar-refractivity contribution is 5.28. The van der Waals surface area contributed by atoms with Gasteiger partial charge in [0, 0.05) is 0 Å². The van der Waals surface area contributed by atoms with E-state index in [2.05, 4.69) is 19.2 Å². The number of rotatable bonds is 3. The molecule has 0 aliphatic rings. The van der Waals surface area contributed by atoms with Crippen molar-refractivity contribution in [3.63, 3.8) is 0 Å². The Morgan fingerprint density at radius 3 is 2.10 bits per heavy atom. The van der Waals surface area contributed by atoms with Crippen LogP contribution in [0.4, 0.5) is 0 Å². The Labute approximate surface area is 63.3 Å². The minimum absolute atomic E-state index is 1.18. The lowest BCUT2D eigenvalue weighted by molar-refractivity contribution is 1.44. The lowest BCUT2D eigenvalue weighted by Crippen LogP contribution is -1.70. The van der Waals surface area contributed by atoms with Crippen molar-refractivity contribution in [1.82, 2.24) is 0 Å². The van der Waals surface area contributed by atoms with Crippen LogP contribution in [0.25, 0.3) is 0 Å². The van der Waals surface area contributed by atoms with Crippen molar-refractivity contribution in [3.05, 3.63) is 48.6 Å². The molecule has 0 nitrogen and oxygen atoms in total. The van der Waals surface area contributed by atoms with E-state index in [1.54, 1.807) is 6.08 Å². The highest BCUT2D eigenvalue weighted by Gasteiger charge is 1.80. The van der Waals surface area contributed by atoms with Gasteiger partial charge in [-0.25, -0.2) is 0 Å². The summed E-state index contributed by atoms with van der Waals surface area (Å²) in [7, 11) is 0. The average molecular weight is 134 g/mol. The fourth-order valence-corrected chi connectivity index (χ4v) is 0.652. The van der Waals surface area contributed by atoms with Crippen LogP contribution in [0.15, 0.2) is 48.6 Å². The Morgan fingerprint density at radius 1 is 1.10 bits per heavy atom. The summed E-state index contributed by atoms with van der Waals surface area (Å²) in [5, 5.41) is 0. The molecular formula is C10H14. The van der Waals surface area contributed by atoms with Gasteiger partial charge in [0.2, 0.25) is 0 Å². The Balaban J connectivity index is 4.24. The van der Waals surface area contributed by atoms with E-state index >= 15 is 0 Å². The summed E-state index contributed by atoms with van der Waals surface area (Å²) in [5.74, 6) is 0. The summed E-state index contributed by atoms with van der Waals surface area (Å²) < 4.78 is 0. The van der Waals surface area contributed by atoms with Gasteiger partial charge in [-0.1, -0.05) is 48.6 Å². The topological polar surface area (TPSA) is 0 Å². The third-order valence-corrected chi connectivity index (χ3v) is 1.16. The molecule has 0 fully saturated rings. The number of hydrogen-bond donors (Lipinski definition) is 0. The first kappa shape index (κ1) is 8.96. The summed E-state index contributed by atoms with van der Waals surface area (Å²) in [6.45, 7) is 11.3. The highest BCUT2D eigenvalue weighted by Crippen LogP contribution is 2.01. The van der Waals surface area contributed by atoms with Crippen molar-refractivity contribution in [3.8, 4) is 0 Å². The van der Waals surface area contributed by atoms with E-state index in [1.165, 1.54) is 11.1 Å². The molecule has 0 aromatic rings. The molecule has 0 unspecified atom stereocenters. The lowest BCUT2D eigenvalue weighted by Gasteiger charge is -1.90. The van der Waals surface area contributed by atoms with Gasteiger partial charge in [0.25, 0.3) is 0 Å². The predicted molar refractivity (Wildman–Crippen MR) is 47.9 cm³/mol. The molecule has 0 spiro atoms. The first-order valence-corrected chi connectivity index (χ1v) is 3.30. The van der Waals surface area contributed by atoms with Crippen LogP contribution in [0.1, 0.15) is 13.8 Å². The minimum atomic E-state index is 1.18. The summed E-state index contributed by atoms with van der Waals surface area (Å²) in [6.07, 6.45) is 7.64. The van der Waals surface area contributed by atoms with E-state index in [0.29, 0.717) is 0 Å². The van der Waals surface area contributed by atoms with Crippen LogP contribution in [0.3, 0.4) is 0 Å². The summed E-state index contributed by atoms with van der Waals surface area (Å²) in [4.78, 5) is 0. The maximum absolute atomic E-state index is 3.65. The Morgan fingerprint density at radius 2 is 1.70 bits per heavy atom. The van der Waals surface area contributed by atoms with Crippen LogP contribution in [0.2, 0.25) is 0 Å². The van der Waals surface area contributed by atoms with E-state index in [-0.39, 0.29) is 0 Å². The summed E-state index contributed by atoms with van der Waals surface area (Å²) >= 11 is 0. The minimum Gasteiger partial charge on any atom is -0.0991 e. The Hall–Kier alpha value is -1.04. The Kier molecular flexibility index (Phi) is 4.30. The molecule has 0 aromatic heterocycles. The van der Waals surface area contributed by atoms with Gasteiger partial charge in [-0.15, -0.1) is 0 Å². The zero-order valence-corrected chi connectivity index (χ0v) is 6.72. The van der Waals surface area contributed by atoms with E-state index in [4.69, 9.17) is 0 Å². The highest BCUT2D eigenvalue weighted by atomic mass is 13.9. The fourth-order valence-electron chi connectivity index (χ4n) is 0.652. The molecule has 0 atom stereocenters. The van der Waals surface area contributed by atoms with Gasteiger partial charge < -0.3 is 0 Å².